The van der Waals surface area contributed by atoms with Crippen LogP contribution < -0.4 is 5.32 Å². The minimum Gasteiger partial charge on any atom is -0.335 e. The molecule has 0 fully saturated rings. The topological polar surface area (TPSA) is 138 Å². The molecule has 0 spiro atoms. The summed E-state index contributed by atoms with van der Waals surface area (Å²) in [5.74, 6) is 0.494. The normalized spacial score (nSPS) is 11.8. The highest BCUT2D eigenvalue weighted by molar-refractivity contribution is 5.95. The lowest BCUT2D eigenvalue weighted by Crippen LogP contribution is -2.19. The number of H-pyrrole nitrogens is 2. The Morgan fingerprint density at radius 2 is 1.87 bits per heavy atom. The number of pyridine rings is 4. The minimum atomic E-state index is -0.107. The number of fused-ring (bicyclic) bond motifs is 2. The first-order chi connectivity index (χ1) is 18.3. The summed E-state index contributed by atoms with van der Waals surface area (Å²) in [5.41, 5.74) is 7.06. The summed E-state index contributed by atoms with van der Waals surface area (Å²) in [7, 11) is 0. The van der Waals surface area contributed by atoms with E-state index in [-0.39, 0.29) is 11.3 Å². The lowest BCUT2D eigenvalue weighted by atomic mass is 9.92. The van der Waals surface area contributed by atoms with E-state index in [0.29, 0.717) is 40.5 Å². The smallest absolute Gasteiger partial charge is 0.224 e. The van der Waals surface area contributed by atoms with E-state index in [4.69, 9.17) is 9.97 Å². The summed E-state index contributed by atoms with van der Waals surface area (Å²) in [6.45, 7) is 6.08. The molecule has 0 radical (unpaired) electrons. The Morgan fingerprint density at radius 1 is 0.974 bits per heavy atom. The van der Waals surface area contributed by atoms with Crippen LogP contribution in [0.15, 0.2) is 67.3 Å². The molecule has 10 heteroatoms. The number of nitrogens with one attached hydrogen (secondary N) is 3. The van der Waals surface area contributed by atoms with Gasteiger partial charge >= 0.3 is 0 Å². The maximum absolute atomic E-state index is 12.4. The third-order valence-corrected chi connectivity index (χ3v) is 5.97. The molecule has 6 heterocycles. The fourth-order valence-corrected chi connectivity index (χ4v) is 4.32. The van der Waals surface area contributed by atoms with Gasteiger partial charge in [-0.3, -0.25) is 19.9 Å². The minimum absolute atomic E-state index is 0.0550. The molecule has 0 unspecified atom stereocenters. The molecule has 0 saturated carbocycles. The van der Waals surface area contributed by atoms with Gasteiger partial charge in [0.05, 0.1) is 34.3 Å². The first kappa shape index (κ1) is 23.4. The summed E-state index contributed by atoms with van der Waals surface area (Å²) in [4.78, 5) is 38.6. The quantitative estimate of drug-likeness (QED) is 0.286. The van der Waals surface area contributed by atoms with Gasteiger partial charge in [0.15, 0.2) is 17.2 Å². The Bertz CT molecular complexity index is 1780. The van der Waals surface area contributed by atoms with Gasteiger partial charge in [0.2, 0.25) is 5.91 Å². The Kier molecular flexibility index (Phi) is 5.64. The molecule has 6 aromatic rings. The number of amides is 1. The average Bonchev–Trinajstić information content (AvgIpc) is 3.51. The van der Waals surface area contributed by atoms with Gasteiger partial charge in [-0.1, -0.05) is 26.8 Å². The van der Waals surface area contributed by atoms with E-state index in [2.05, 4.69) is 35.5 Å². The largest absolute Gasteiger partial charge is 0.335 e. The molecule has 6 rings (SSSR count). The molecular weight excluding hydrogens is 478 g/mol. The van der Waals surface area contributed by atoms with Crippen molar-refractivity contribution in [2.45, 2.75) is 27.2 Å². The number of carbonyl (C=O) groups is 1. The third-order valence-electron chi connectivity index (χ3n) is 5.97. The standard InChI is InChI=1S/C28H25N9O/c1-28(2,3)13-22(38)32-17-12-16(14-29-15-17)19-7-8-21-24(33-19)25(37-36-21)27-34-23-18(9-11-31-26(23)35-27)20-6-4-5-10-30-20/h4-12,14-15H,13H2,1-3H3,(H,32,38)(H,36,37)(H,31,34,35). The molecule has 0 aliphatic carbocycles. The lowest BCUT2D eigenvalue weighted by molar-refractivity contribution is -0.117. The lowest BCUT2D eigenvalue weighted by Gasteiger charge is -2.17. The second kappa shape index (κ2) is 9.15. The van der Waals surface area contributed by atoms with Crippen LogP contribution in [0.1, 0.15) is 27.2 Å². The van der Waals surface area contributed by atoms with Crippen LogP contribution in [-0.2, 0) is 4.79 Å². The Balaban J connectivity index is 1.36. The number of aromatic nitrogens is 8. The van der Waals surface area contributed by atoms with Crippen LogP contribution in [0.3, 0.4) is 0 Å². The van der Waals surface area contributed by atoms with Crippen LogP contribution in [-0.4, -0.2) is 46.0 Å². The molecule has 3 N–H and O–H groups in total. The molecule has 0 aromatic carbocycles. The van der Waals surface area contributed by atoms with Gasteiger partial charge in [0.25, 0.3) is 0 Å². The van der Waals surface area contributed by atoms with Crippen molar-refractivity contribution in [1.29, 1.82) is 0 Å². The molecule has 0 atom stereocenters. The van der Waals surface area contributed by atoms with E-state index in [1.165, 1.54) is 0 Å². The van der Waals surface area contributed by atoms with E-state index in [0.717, 1.165) is 27.9 Å². The number of rotatable bonds is 5. The fourth-order valence-electron chi connectivity index (χ4n) is 4.32. The van der Waals surface area contributed by atoms with Crippen molar-refractivity contribution in [3.05, 3.63) is 67.3 Å². The van der Waals surface area contributed by atoms with Crippen molar-refractivity contribution < 1.29 is 4.79 Å². The first-order valence-electron chi connectivity index (χ1n) is 12.2. The van der Waals surface area contributed by atoms with Crippen molar-refractivity contribution in [1.82, 2.24) is 40.1 Å². The number of hydrogen-bond donors (Lipinski definition) is 3. The molecule has 1 amide bonds. The summed E-state index contributed by atoms with van der Waals surface area (Å²) >= 11 is 0. The summed E-state index contributed by atoms with van der Waals surface area (Å²) in [5, 5.41) is 10.5. The molecule has 0 bridgehead atoms. The predicted molar refractivity (Wildman–Crippen MR) is 146 cm³/mol. The second-order valence-electron chi connectivity index (χ2n) is 10.3. The van der Waals surface area contributed by atoms with Gasteiger partial charge in [-0.15, -0.1) is 0 Å². The number of imidazole rings is 1. The van der Waals surface area contributed by atoms with Crippen LogP contribution in [0.5, 0.6) is 0 Å². The Morgan fingerprint density at radius 3 is 2.68 bits per heavy atom. The highest BCUT2D eigenvalue weighted by Crippen LogP contribution is 2.30. The van der Waals surface area contributed by atoms with Crippen molar-refractivity contribution in [2.75, 3.05) is 5.32 Å². The van der Waals surface area contributed by atoms with Crippen LogP contribution in [0.2, 0.25) is 0 Å². The van der Waals surface area contributed by atoms with Gasteiger partial charge in [0, 0.05) is 36.1 Å². The maximum Gasteiger partial charge on any atom is 0.224 e. The van der Waals surface area contributed by atoms with E-state index in [1.807, 2.05) is 63.2 Å². The molecular formula is C28H25N9O. The molecule has 188 valence electrons. The van der Waals surface area contributed by atoms with Crippen molar-refractivity contribution in [3.8, 4) is 34.0 Å². The van der Waals surface area contributed by atoms with E-state index >= 15 is 0 Å². The van der Waals surface area contributed by atoms with Gasteiger partial charge in [-0.05, 0) is 41.8 Å². The van der Waals surface area contributed by atoms with Gasteiger partial charge in [-0.2, -0.15) is 5.10 Å². The molecule has 6 aromatic heterocycles. The SMILES string of the molecule is CC(C)(C)CC(=O)Nc1cncc(-c2ccc3[nH]nc(-c4nc5nccc(-c6ccccn6)c5[nH]4)c3n2)c1. The highest BCUT2D eigenvalue weighted by atomic mass is 16.1. The van der Waals surface area contributed by atoms with Gasteiger partial charge in [-0.25, -0.2) is 15.0 Å². The van der Waals surface area contributed by atoms with Crippen LogP contribution in [0.25, 0.3) is 56.2 Å². The maximum atomic E-state index is 12.4. The number of nitrogens with zero attached hydrogens (tertiary/aromatic N) is 6. The molecule has 0 aliphatic rings. The fraction of sp³-hybridized carbons (Fsp3) is 0.179. The van der Waals surface area contributed by atoms with Crippen molar-refractivity contribution in [3.63, 3.8) is 0 Å². The van der Waals surface area contributed by atoms with Gasteiger partial charge < -0.3 is 10.3 Å². The van der Waals surface area contributed by atoms with E-state index in [1.54, 1.807) is 24.8 Å². The summed E-state index contributed by atoms with van der Waals surface area (Å²) in [6.07, 6.45) is 7.24. The number of anilines is 1. The third kappa shape index (κ3) is 4.59. The molecule has 0 saturated heterocycles. The average molecular weight is 504 g/mol. The van der Waals surface area contributed by atoms with Gasteiger partial charge in [0.1, 0.15) is 5.52 Å². The second-order valence-corrected chi connectivity index (χ2v) is 10.3. The zero-order valence-electron chi connectivity index (χ0n) is 21.1. The van der Waals surface area contributed by atoms with Crippen LogP contribution in [0, 0.1) is 5.41 Å². The molecule has 0 aliphatic heterocycles. The van der Waals surface area contributed by atoms with E-state index < -0.39 is 0 Å². The van der Waals surface area contributed by atoms with Crippen molar-refractivity contribution >= 4 is 33.8 Å². The Hall–Kier alpha value is -4.99. The number of aromatic amines is 2. The Labute approximate surface area is 218 Å². The van der Waals surface area contributed by atoms with Crippen molar-refractivity contribution in [2.24, 2.45) is 5.41 Å². The van der Waals surface area contributed by atoms with E-state index in [9.17, 15) is 4.79 Å². The predicted octanol–water partition coefficient (Wildman–Crippen LogP) is 5.39. The molecule has 38 heavy (non-hydrogen) atoms. The number of carbonyl (C=O) groups excluding carboxylic acids is 1. The summed E-state index contributed by atoms with van der Waals surface area (Å²) < 4.78 is 0. The summed E-state index contributed by atoms with van der Waals surface area (Å²) in [6, 6.07) is 13.3. The molecule has 10 nitrogen and oxygen atoms in total. The monoisotopic (exact) mass is 503 g/mol. The zero-order chi connectivity index (χ0) is 26.3. The van der Waals surface area contributed by atoms with Crippen LogP contribution in [0.4, 0.5) is 5.69 Å². The first-order valence-corrected chi connectivity index (χ1v) is 12.2. The number of hydrogen-bond acceptors (Lipinski definition) is 7. The van der Waals surface area contributed by atoms with Crippen LogP contribution >= 0.6 is 0 Å². The highest BCUT2D eigenvalue weighted by Gasteiger charge is 2.19. The zero-order valence-corrected chi connectivity index (χ0v) is 21.1.